The number of carbonyl (C=O) groups is 1. The first-order valence-corrected chi connectivity index (χ1v) is 5.68. The van der Waals surface area contributed by atoms with Crippen molar-refractivity contribution >= 4 is 5.97 Å². The largest absolute Gasteiger partial charge is 0.480 e. The second-order valence-electron chi connectivity index (χ2n) is 5.22. The molecule has 0 heterocycles. The lowest BCUT2D eigenvalue weighted by Crippen LogP contribution is -2.53. The molecular formula is C12H25NO2. The van der Waals surface area contributed by atoms with Crippen molar-refractivity contribution in [3.05, 3.63) is 0 Å². The monoisotopic (exact) mass is 215 g/mol. The molecule has 0 aromatic rings. The van der Waals surface area contributed by atoms with E-state index in [9.17, 15) is 9.90 Å². The fourth-order valence-corrected chi connectivity index (χ4v) is 1.57. The van der Waals surface area contributed by atoms with Gasteiger partial charge in [0.25, 0.3) is 0 Å². The molecule has 1 atom stereocenters. The molecule has 0 radical (unpaired) electrons. The van der Waals surface area contributed by atoms with E-state index in [1.807, 2.05) is 32.7 Å². The molecule has 0 saturated carbocycles. The van der Waals surface area contributed by atoms with E-state index in [1.165, 1.54) is 0 Å². The summed E-state index contributed by atoms with van der Waals surface area (Å²) in [6.45, 7) is 10.1. The average Bonchev–Trinajstić information content (AvgIpc) is 2.12. The van der Waals surface area contributed by atoms with Gasteiger partial charge in [-0.1, -0.05) is 13.8 Å². The standard InChI is InChI=1S/C12H25NO2/c1-9(2)7-8-12(5,11(14)15)13(6)10(3)4/h9-10H,7-8H2,1-6H3,(H,14,15). The van der Waals surface area contributed by atoms with E-state index in [0.29, 0.717) is 12.3 Å². The van der Waals surface area contributed by atoms with Gasteiger partial charge in [0.05, 0.1) is 0 Å². The maximum Gasteiger partial charge on any atom is 0.323 e. The Balaban J connectivity index is 4.66. The Bertz CT molecular complexity index is 214. The first-order chi connectivity index (χ1) is 6.71. The van der Waals surface area contributed by atoms with Crippen LogP contribution in [0.4, 0.5) is 0 Å². The number of rotatable bonds is 6. The van der Waals surface area contributed by atoms with Gasteiger partial charge in [-0.2, -0.15) is 0 Å². The Hall–Kier alpha value is -0.570. The maximum atomic E-state index is 11.3. The average molecular weight is 215 g/mol. The highest BCUT2D eigenvalue weighted by Crippen LogP contribution is 2.24. The van der Waals surface area contributed by atoms with Crippen LogP contribution in [0.25, 0.3) is 0 Å². The van der Waals surface area contributed by atoms with Crippen LogP contribution in [-0.2, 0) is 4.79 Å². The van der Waals surface area contributed by atoms with Crippen LogP contribution in [-0.4, -0.2) is 34.6 Å². The van der Waals surface area contributed by atoms with Crippen LogP contribution in [0.5, 0.6) is 0 Å². The molecule has 0 aromatic heterocycles. The fraction of sp³-hybridized carbons (Fsp3) is 0.917. The van der Waals surface area contributed by atoms with Crippen LogP contribution in [0.1, 0.15) is 47.5 Å². The summed E-state index contributed by atoms with van der Waals surface area (Å²) < 4.78 is 0. The summed E-state index contributed by atoms with van der Waals surface area (Å²) in [5.74, 6) is -0.177. The Morgan fingerprint density at radius 3 is 2.07 bits per heavy atom. The Labute approximate surface area is 93.5 Å². The van der Waals surface area contributed by atoms with Crippen molar-refractivity contribution in [3.8, 4) is 0 Å². The van der Waals surface area contributed by atoms with E-state index < -0.39 is 11.5 Å². The van der Waals surface area contributed by atoms with Crippen LogP contribution < -0.4 is 0 Å². The van der Waals surface area contributed by atoms with E-state index in [2.05, 4.69) is 13.8 Å². The van der Waals surface area contributed by atoms with Gasteiger partial charge in [0.15, 0.2) is 0 Å². The minimum absolute atomic E-state index is 0.248. The predicted octanol–water partition coefficient (Wildman–Crippen LogP) is 2.61. The summed E-state index contributed by atoms with van der Waals surface area (Å²) in [6.07, 6.45) is 1.65. The minimum Gasteiger partial charge on any atom is -0.480 e. The summed E-state index contributed by atoms with van der Waals surface area (Å²) >= 11 is 0. The second-order valence-corrected chi connectivity index (χ2v) is 5.22. The molecule has 90 valence electrons. The van der Waals surface area contributed by atoms with Gasteiger partial charge >= 0.3 is 5.97 Å². The van der Waals surface area contributed by atoms with E-state index >= 15 is 0 Å². The third kappa shape index (κ3) is 3.82. The Kier molecular flexibility index (Phi) is 5.29. The zero-order valence-corrected chi connectivity index (χ0v) is 10.9. The van der Waals surface area contributed by atoms with Crippen molar-refractivity contribution in [1.82, 2.24) is 4.90 Å². The smallest absolute Gasteiger partial charge is 0.323 e. The van der Waals surface area contributed by atoms with Crippen LogP contribution in [0.15, 0.2) is 0 Å². The molecule has 0 aliphatic rings. The second kappa shape index (κ2) is 5.50. The zero-order chi connectivity index (χ0) is 12.2. The lowest BCUT2D eigenvalue weighted by molar-refractivity contribution is -0.151. The van der Waals surface area contributed by atoms with Crippen LogP contribution in [0.3, 0.4) is 0 Å². The van der Waals surface area contributed by atoms with E-state index in [1.54, 1.807) is 0 Å². The van der Waals surface area contributed by atoms with Crippen LogP contribution in [0, 0.1) is 5.92 Å². The molecule has 0 saturated heterocycles. The molecule has 1 N–H and O–H groups in total. The van der Waals surface area contributed by atoms with Gasteiger partial charge in [0.1, 0.15) is 5.54 Å². The number of aliphatic carboxylic acids is 1. The topological polar surface area (TPSA) is 40.5 Å². The van der Waals surface area contributed by atoms with E-state index in [0.717, 1.165) is 6.42 Å². The minimum atomic E-state index is -0.738. The highest BCUT2D eigenvalue weighted by atomic mass is 16.4. The third-order valence-electron chi connectivity index (χ3n) is 3.22. The van der Waals surface area contributed by atoms with E-state index in [-0.39, 0.29) is 6.04 Å². The molecule has 0 fully saturated rings. The lowest BCUT2D eigenvalue weighted by atomic mass is 9.89. The molecule has 0 aliphatic carbocycles. The molecule has 15 heavy (non-hydrogen) atoms. The normalized spacial score (nSPS) is 16.1. The summed E-state index contributed by atoms with van der Waals surface area (Å²) in [5.41, 5.74) is -0.738. The molecule has 0 rings (SSSR count). The molecule has 3 nitrogen and oxygen atoms in total. The highest BCUT2D eigenvalue weighted by molar-refractivity contribution is 5.78. The first kappa shape index (κ1) is 14.4. The Morgan fingerprint density at radius 2 is 1.80 bits per heavy atom. The van der Waals surface area contributed by atoms with Crippen molar-refractivity contribution in [2.24, 2.45) is 5.92 Å². The maximum absolute atomic E-state index is 11.3. The molecule has 1 unspecified atom stereocenters. The van der Waals surface area contributed by atoms with Crippen molar-refractivity contribution < 1.29 is 9.90 Å². The van der Waals surface area contributed by atoms with Gasteiger partial charge in [0, 0.05) is 6.04 Å². The van der Waals surface area contributed by atoms with Crippen molar-refractivity contribution in [1.29, 1.82) is 0 Å². The first-order valence-electron chi connectivity index (χ1n) is 5.68. The predicted molar refractivity (Wildman–Crippen MR) is 63.0 cm³/mol. The molecule has 0 amide bonds. The highest BCUT2D eigenvalue weighted by Gasteiger charge is 2.38. The van der Waals surface area contributed by atoms with Crippen LogP contribution in [0.2, 0.25) is 0 Å². The van der Waals surface area contributed by atoms with Gasteiger partial charge in [-0.25, -0.2) is 0 Å². The molecule has 3 heteroatoms. The lowest BCUT2D eigenvalue weighted by Gasteiger charge is -2.38. The van der Waals surface area contributed by atoms with Gasteiger partial charge in [-0.3, -0.25) is 9.69 Å². The number of likely N-dealkylation sites (N-methyl/N-ethyl adjacent to an activating group) is 1. The number of hydrogen-bond acceptors (Lipinski definition) is 2. The summed E-state index contributed by atoms with van der Waals surface area (Å²) in [5, 5.41) is 9.32. The van der Waals surface area contributed by atoms with Gasteiger partial charge in [-0.15, -0.1) is 0 Å². The number of carboxylic acid groups (broad SMARTS) is 1. The summed E-state index contributed by atoms with van der Waals surface area (Å²) in [6, 6.07) is 0.248. The molecule has 0 spiro atoms. The van der Waals surface area contributed by atoms with Crippen LogP contribution >= 0.6 is 0 Å². The zero-order valence-electron chi connectivity index (χ0n) is 10.9. The summed E-state index contributed by atoms with van der Waals surface area (Å²) in [7, 11) is 1.89. The van der Waals surface area contributed by atoms with Crippen molar-refractivity contribution in [2.75, 3.05) is 7.05 Å². The molecular weight excluding hydrogens is 190 g/mol. The van der Waals surface area contributed by atoms with Gasteiger partial charge in [-0.05, 0) is 46.6 Å². The van der Waals surface area contributed by atoms with Crippen molar-refractivity contribution in [2.45, 2.75) is 59.0 Å². The van der Waals surface area contributed by atoms with Gasteiger partial charge < -0.3 is 5.11 Å². The molecule has 0 aliphatic heterocycles. The quantitative estimate of drug-likeness (QED) is 0.740. The molecule has 0 bridgehead atoms. The number of nitrogens with zero attached hydrogens (tertiary/aromatic N) is 1. The van der Waals surface area contributed by atoms with Gasteiger partial charge in [0.2, 0.25) is 0 Å². The Morgan fingerprint density at radius 1 is 1.33 bits per heavy atom. The SMILES string of the molecule is CC(C)CCC(C)(C(=O)O)N(C)C(C)C. The van der Waals surface area contributed by atoms with Crippen molar-refractivity contribution in [3.63, 3.8) is 0 Å². The molecule has 0 aromatic carbocycles. The number of hydrogen-bond donors (Lipinski definition) is 1. The summed E-state index contributed by atoms with van der Waals surface area (Å²) in [4.78, 5) is 13.3. The number of carboxylic acids is 1. The fourth-order valence-electron chi connectivity index (χ4n) is 1.57. The van der Waals surface area contributed by atoms with E-state index in [4.69, 9.17) is 0 Å². The third-order valence-corrected chi connectivity index (χ3v) is 3.22.